The van der Waals surface area contributed by atoms with Gasteiger partial charge in [-0.25, -0.2) is 0 Å². The molecule has 0 unspecified atom stereocenters. The summed E-state index contributed by atoms with van der Waals surface area (Å²) >= 11 is 0. The molecule has 1 nitrogen and oxygen atoms in total. The second-order valence-corrected chi connectivity index (χ2v) is 5.20. The Bertz CT molecular complexity index is 521. The summed E-state index contributed by atoms with van der Waals surface area (Å²) in [4.78, 5) is 0. The first-order valence-corrected chi connectivity index (χ1v) is 6.61. The Morgan fingerprint density at radius 2 is 1.56 bits per heavy atom. The largest absolute Gasteiger partial charge is 0.395 e. The summed E-state index contributed by atoms with van der Waals surface area (Å²) in [5.41, 5.74) is 3.83. The molecule has 1 N–H and O–H groups in total. The third-order valence-corrected chi connectivity index (χ3v) is 4.20. The van der Waals surface area contributed by atoms with Gasteiger partial charge in [0, 0.05) is 5.41 Å². The molecule has 0 amide bonds. The van der Waals surface area contributed by atoms with E-state index in [1.165, 1.54) is 23.1 Å². The van der Waals surface area contributed by atoms with Crippen LogP contribution in [0.1, 0.15) is 24.8 Å². The molecule has 1 fully saturated rings. The van der Waals surface area contributed by atoms with Crippen LogP contribution in [0.2, 0.25) is 0 Å². The predicted octanol–water partition coefficient (Wildman–Crippen LogP) is 3.77. The molecule has 2 aromatic carbocycles. The maximum atomic E-state index is 9.76. The molecule has 3 rings (SSSR count). The fourth-order valence-electron chi connectivity index (χ4n) is 2.93. The number of hydrogen-bond donors (Lipinski definition) is 1. The molecule has 1 heteroatoms. The van der Waals surface area contributed by atoms with Gasteiger partial charge in [0.15, 0.2) is 0 Å². The summed E-state index contributed by atoms with van der Waals surface area (Å²) in [7, 11) is 0. The molecular weight excluding hydrogens is 220 g/mol. The first kappa shape index (κ1) is 11.5. The molecule has 18 heavy (non-hydrogen) atoms. The standard InChI is InChI=1S/C17H18O/c18-13-17(11-6-12-17)16-10-5-4-9-15(16)14-7-2-1-3-8-14/h1-5,7-10,18H,6,11-13H2. The maximum absolute atomic E-state index is 9.76. The van der Waals surface area contributed by atoms with Crippen molar-refractivity contribution in [1.29, 1.82) is 0 Å². The average molecular weight is 238 g/mol. The summed E-state index contributed by atoms with van der Waals surface area (Å²) < 4.78 is 0. The fourth-order valence-corrected chi connectivity index (χ4v) is 2.93. The minimum absolute atomic E-state index is 0.00638. The minimum Gasteiger partial charge on any atom is -0.395 e. The van der Waals surface area contributed by atoms with E-state index in [4.69, 9.17) is 0 Å². The Labute approximate surface area is 108 Å². The highest BCUT2D eigenvalue weighted by atomic mass is 16.3. The van der Waals surface area contributed by atoms with Gasteiger partial charge >= 0.3 is 0 Å². The van der Waals surface area contributed by atoms with Gasteiger partial charge in [-0.1, -0.05) is 61.0 Å². The van der Waals surface area contributed by atoms with E-state index in [0.717, 1.165) is 12.8 Å². The molecular formula is C17H18O. The monoisotopic (exact) mass is 238 g/mol. The third kappa shape index (κ3) is 1.75. The number of aliphatic hydroxyl groups is 1. The molecule has 0 aliphatic heterocycles. The lowest BCUT2D eigenvalue weighted by Crippen LogP contribution is -2.38. The van der Waals surface area contributed by atoms with E-state index in [9.17, 15) is 5.11 Å². The van der Waals surface area contributed by atoms with Crippen molar-refractivity contribution in [3.05, 3.63) is 60.2 Å². The van der Waals surface area contributed by atoms with Crippen molar-refractivity contribution in [2.45, 2.75) is 24.7 Å². The van der Waals surface area contributed by atoms with Crippen LogP contribution in [-0.4, -0.2) is 11.7 Å². The van der Waals surface area contributed by atoms with Crippen molar-refractivity contribution in [2.24, 2.45) is 0 Å². The van der Waals surface area contributed by atoms with Gasteiger partial charge in [-0.05, 0) is 29.5 Å². The molecule has 92 valence electrons. The van der Waals surface area contributed by atoms with Gasteiger partial charge in [0.25, 0.3) is 0 Å². The maximum Gasteiger partial charge on any atom is 0.0528 e. The molecule has 2 aromatic rings. The highest BCUT2D eigenvalue weighted by Gasteiger charge is 2.39. The van der Waals surface area contributed by atoms with Crippen molar-refractivity contribution in [2.75, 3.05) is 6.61 Å². The van der Waals surface area contributed by atoms with Crippen LogP contribution in [-0.2, 0) is 5.41 Å². The summed E-state index contributed by atoms with van der Waals surface area (Å²) in [5, 5.41) is 9.76. The van der Waals surface area contributed by atoms with Crippen LogP contribution in [0.25, 0.3) is 11.1 Å². The SMILES string of the molecule is OCC1(c2ccccc2-c2ccccc2)CCC1. The quantitative estimate of drug-likeness (QED) is 0.863. The number of hydrogen-bond acceptors (Lipinski definition) is 1. The Morgan fingerprint density at radius 3 is 2.17 bits per heavy atom. The molecule has 0 radical (unpaired) electrons. The van der Waals surface area contributed by atoms with Crippen LogP contribution in [0.15, 0.2) is 54.6 Å². The van der Waals surface area contributed by atoms with Crippen molar-refractivity contribution in [1.82, 2.24) is 0 Å². The van der Waals surface area contributed by atoms with Crippen LogP contribution in [0.3, 0.4) is 0 Å². The summed E-state index contributed by atoms with van der Waals surface area (Å²) in [6, 6.07) is 19.0. The second kappa shape index (κ2) is 4.58. The lowest BCUT2D eigenvalue weighted by atomic mass is 9.63. The van der Waals surface area contributed by atoms with Crippen LogP contribution in [0.4, 0.5) is 0 Å². The van der Waals surface area contributed by atoms with E-state index in [-0.39, 0.29) is 12.0 Å². The average Bonchev–Trinajstić information content (AvgIpc) is 2.40. The van der Waals surface area contributed by atoms with E-state index >= 15 is 0 Å². The molecule has 1 aliphatic carbocycles. The Balaban J connectivity index is 2.11. The van der Waals surface area contributed by atoms with Gasteiger partial charge in [0.2, 0.25) is 0 Å². The van der Waals surface area contributed by atoms with E-state index in [1.54, 1.807) is 0 Å². The summed E-state index contributed by atoms with van der Waals surface area (Å²) in [6.07, 6.45) is 3.43. The highest BCUT2D eigenvalue weighted by molar-refractivity contribution is 5.69. The topological polar surface area (TPSA) is 20.2 Å². The lowest BCUT2D eigenvalue weighted by Gasteiger charge is -2.42. The van der Waals surface area contributed by atoms with Crippen molar-refractivity contribution in [3.8, 4) is 11.1 Å². The molecule has 1 aliphatic rings. The van der Waals surface area contributed by atoms with Crippen LogP contribution >= 0.6 is 0 Å². The van der Waals surface area contributed by atoms with Gasteiger partial charge in [0.1, 0.15) is 0 Å². The second-order valence-electron chi connectivity index (χ2n) is 5.20. The predicted molar refractivity (Wildman–Crippen MR) is 74.5 cm³/mol. The van der Waals surface area contributed by atoms with Crippen molar-refractivity contribution in [3.63, 3.8) is 0 Å². The molecule has 0 spiro atoms. The van der Waals surface area contributed by atoms with Crippen molar-refractivity contribution < 1.29 is 5.11 Å². The summed E-state index contributed by atoms with van der Waals surface area (Å²) in [5.74, 6) is 0. The van der Waals surface area contributed by atoms with Gasteiger partial charge in [-0.3, -0.25) is 0 Å². The van der Waals surface area contributed by atoms with Gasteiger partial charge in [-0.2, -0.15) is 0 Å². The first-order valence-electron chi connectivity index (χ1n) is 6.61. The number of benzene rings is 2. The van der Waals surface area contributed by atoms with Crippen molar-refractivity contribution >= 4 is 0 Å². The van der Waals surface area contributed by atoms with Gasteiger partial charge < -0.3 is 5.11 Å². The lowest BCUT2D eigenvalue weighted by molar-refractivity contribution is 0.120. The molecule has 0 saturated heterocycles. The summed E-state index contributed by atoms with van der Waals surface area (Å²) in [6.45, 7) is 0.261. The van der Waals surface area contributed by atoms with Gasteiger partial charge in [-0.15, -0.1) is 0 Å². The minimum atomic E-state index is 0.00638. The Morgan fingerprint density at radius 1 is 0.889 bits per heavy atom. The van der Waals surface area contributed by atoms with E-state index in [2.05, 4.69) is 48.5 Å². The van der Waals surface area contributed by atoms with Crippen LogP contribution in [0.5, 0.6) is 0 Å². The first-order chi connectivity index (χ1) is 8.86. The zero-order valence-electron chi connectivity index (χ0n) is 10.5. The van der Waals surface area contributed by atoms with E-state index in [0.29, 0.717) is 0 Å². The molecule has 1 saturated carbocycles. The smallest absolute Gasteiger partial charge is 0.0528 e. The molecule has 0 heterocycles. The normalized spacial score (nSPS) is 17.2. The number of aliphatic hydroxyl groups excluding tert-OH is 1. The van der Waals surface area contributed by atoms with E-state index < -0.39 is 0 Å². The number of rotatable bonds is 3. The Hall–Kier alpha value is -1.60. The zero-order valence-corrected chi connectivity index (χ0v) is 10.5. The third-order valence-electron chi connectivity index (χ3n) is 4.20. The zero-order chi connectivity index (χ0) is 12.4. The van der Waals surface area contributed by atoms with E-state index in [1.807, 2.05) is 6.07 Å². The fraction of sp³-hybridized carbons (Fsp3) is 0.294. The van der Waals surface area contributed by atoms with Crippen LogP contribution < -0.4 is 0 Å². The van der Waals surface area contributed by atoms with Crippen LogP contribution in [0, 0.1) is 0 Å². The van der Waals surface area contributed by atoms with Gasteiger partial charge in [0.05, 0.1) is 6.61 Å². The molecule has 0 atom stereocenters. The highest BCUT2D eigenvalue weighted by Crippen LogP contribution is 2.46. The Kier molecular flexibility index (Phi) is 2.92. The molecule has 0 aromatic heterocycles. The molecule has 0 bridgehead atoms.